The van der Waals surface area contributed by atoms with E-state index in [9.17, 15) is 5.11 Å². The van der Waals surface area contributed by atoms with Crippen molar-refractivity contribution in [3.05, 3.63) is 61.2 Å². The average Bonchev–Trinajstić information content (AvgIpc) is 2.74. The smallest absolute Gasteiger partial charge is 0.184 e. The lowest BCUT2D eigenvalue weighted by Crippen LogP contribution is -2.74. The van der Waals surface area contributed by atoms with E-state index in [0.29, 0.717) is 19.4 Å². The summed E-state index contributed by atoms with van der Waals surface area (Å²) in [5.41, 5.74) is 0.0829. The molecule has 0 heterocycles. The number of aliphatic hydroxyl groups is 1. The van der Waals surface area contributed by atoms with Crippen molar-refractivity contribution in [1.29, 1.82) is 0 Å². The average molecular weight is 445 g/mol. The van der Waals surface area contributed by atoms with Crippen LogP contribution in [0.25, 0.3) is 0 Å². The zero-order valence-electron chi connectivity index (χ0n) is 19.7. The first-order valence-electron chi connectivity index (χ1n) is 11.5. The maximum absolute atomic E-state index is 11.5. The summed E-state index contributed by atoms with van der Waals surface area (Å²) in [6, 6.07) is 10.3. The minimum Gasteiger partial charge on any atom is -0.414 e. The van der Waals surface area contributed by atoms with Crippen LogP contribution in [0.4, 0.5) is 0 Å². The van der Waals surface area contributed by atoms with Crippen LogP contribution in [-0.4, -0.2) is 44.4 Å². The first-order valence-corrected chi connectivity index (χ1v) is 14.9. The topological polar surface area (TPSA) is 47.9 Å². The molecule has 1 aromatic rings. The Bertz CT molecular complexity index is 746. The first-order chi connectivity index (χ1) is 14.7. The van der Waals surface area contributed by atoms with Crippen molar-refractivity contribution in [2.75, 3.05) is 7.11 Å². The molecule has 0 aliphatic heterocycles. The molecule has 3 aliphatic rings. The van der Waals surface area contributed by atoms with Crippen LogP contribution in [0.1, 0.15) is 37.7 Å². The first kappa shape index (κ1) is 24.4. The van der Waals surface area contributed by atoms with Crippen LogP contribution in [0.15, 0.2) is 55.6 Å². The molecule has 4 rings (SSSR count). The number of rotatable bonds is 11. The van der Waals surface area contributed by atoms with E-state index in [-0.39, 0.29) is 18.1 Å². The van der Waals surface area contributed by atoms with Gasteiger partial charge in [0.2, 0.25) is 0 Å². The number of benzene rings is 1. The minimum atomic E-state index is -1.91. The lowest BCUT2D eigenvalue weighted by molar-refractivity contribution is -0.295. The van der Waals surface area contributed by atoms with E-state index in [1.807, 2.05) is 24.3 Å². The van der Waals surface area contributed by atoms with Crippen molar-refractivity contribution in [3.63, 3.8) is 0 Å². The fraction of sp³-hybridized carbons (Fsp3) is 0.615. The second kappa shape index (κ2) is 9.71. The summed E-state index contributed by atoms with van der Waals surface area (Å²) in [5.74, 6) is 0.215. The van der Waals surface area contributed by atoms with Gasteiger partial charge in [0.15, 0.2) is 8.32 Å². The quantitative estimate of drug-likeness (QED) is 0.362. The van der Waals surface area contributed by atoms with E-state index < -0.39 is 25.4 Å². The summed E-state index contributed by atoms with van der Waals surface area (Å²) < 4.78 is 19.8. The van der Waals surface area contributed by atoms with Crippen LogP contribution in [-0.2, 0) is 20.5 Å². The Kier molecular flexibility index (Phi) is 7.65. The lowest BCUT2D eigenvalue weighted by atomic mass is 9.47. The Morgan fingerprint density at radius 1 is 1.19 bits per heavy atom. The van der Waals surface area contributed by atoms with Gasteiger partial charge in [0.1, 0.15) is 0 Å². The number of fused-ring (bicyclic) bond motifs is 3. The third kappa shape index (κ3) is 4.62. The molecule has 0 amide bonds. The molecule has 1 aromatic carbocycles. The Morgan fingerprint density at radius 3 is 2.48 bits per heavy atom. The Labute approximate surface area is 189 Å². The molecule has 3 saturated carbocycles. The van der Waals surface area contributed by atoms with Crippen molar-refractivity contribution in [3.8, 4) is 0 Å². The van der Waals surface area contributed by atoms with Crippen molar-refractivity contribution in [2.24, 2.45) is 11.3 Å². The molecule has 6 atom stereocenters. The monoisotopic (exact) mass is 444 g/mol. The van der Waals surface area contributed by atoms with Gasteiger partial charge in [-0.05, 0) is 50.9 Å². The van der Waals surface area contributed by atoms with Crippen LogP contribution < -0.4 is 0 Å². The van der Waals surface area contributed by atoms with E-state index in [1.54, 1.807) is 13.2 Å². The fourth-order valence-corrected chi connectivity index (χ4v) is 7.17. The van der Waals surface area contributed by atoms with Gasteiger partial charge in [-0.25, -0.2) is 0 Å². The van der Waals surface area contributed by atoms with Gasteiger partial charge in [0, 0.05) is 19.4 Å². The summed E-state index contributed by atoms with van der Waals surface area (Å²) in [4.78, 5) is 0. The molecule has 0 saturated heterocycles. The van der Waals surface area contributed by atoms with Gasteiger partial charge in [-0.1, -0.05) is 42.5 Å². The van der Waals surface area contributed by atoms with Crippen LogP contribution in [0, 0.1) is 11.3 Å². The Morgan fingerprint density at radius 2 is 1.90 bits per heavy atom. The normalized spacial score (nSPS) is 33.8. The van der Waals surface area contributed by atoms with Crippen LogP contribution >= 0.6 is 0 Å². The molecule has 172 valence electrons. The van der Waals surface area contributed by atoms with Crippen LogP contribution in [0.2, 0.25) is 19.6 Å². The third-order valence-corrected chi connectivity index (χ3v) is 8.24. The van der Waals surface area contributed by atoms with E-state index in [2.05, 4.69) is 44.9 Å². The summed E-state index contributed by atoms with van der Waals surface area (Å²) in [7, 11) is -0.132. The van der Waals surface area contributed by atoms with Crippen molar-refractivity contribution in [2.45, 2.75) is 82.3 Å². The Balaban J connectivity index is 2.01. The van der Waals surface area contributed by atoms with Crippen molar-refractivity contribution < 1.29 is 19.0 Å². The molecule has 0 spiro atoms. The molecule has 0 radical (unpaired) electrons. The summed E-state index contributed by atoms with van der Waals surface area (Å²) in [6.45, 7) is 15.2. The fourth-order valence-electron chi connectivity index (χ4n) is 6.02. The van der Waals surface area contributed by atoms with E-state index in [4.69, 9.17) is 13.9 Å². The summed E-state index contributed by atoms with van der Waals surface area (Å²) >= 11 is 0. The van der Waals surface area contributed by atoms with Gasteiger partial charge < -0.3 is 19.0 Å². The van der Waals surface area contributed by atoms with Gasteiger partial charge in [-0.3, -0.25) is 0 Å². The van der Waals surface area contributed by atoms with Gasteiger partial charge in [-0.15, -0.1) is 13.2 Å². The maximum Gasteiger partial charge on any atom is 0.184 e. The molecule has 2 bridgehead atoms. The van der Waals surface area contributed by atoms with Crippen molar-refractivity contribution >= 4 is 8.32 Å². The van der Waals surface area contributed by atoms with E-state index in [1.165, 1.54) is 5.56 Å². The predicted octanol–water partition coefficient (Wildman–Crippen LogP) is 5.49. The predicted molar refractivity (Wildman–Crippen MR) is 128 cm³/mol. The molecule has 0 aromatic heterocycles. The van der Waals surface area contributed by atoms with Gasteiger partial charge in [-0.2, -0.15) is 0 Å². The van der Waals surface area contributed by atoms with Gasteiger partial charge in [0.25, 0.3) is 0 Å². The highest BCUT2D eigenvalue weighted by Gasteiger charge is 2.69. The zero-order chi connectivity index (χ0) is 22.7. The molecule has 3 fully saturated rings. The maximum atomic E-state index is 11.5. The minimum absolute atomic E-state index is 0.0316. The summed E-state index contributed by atoms with van der Waals surface area (Å²) in [6.07, 6.45) is 6.79. The van der Waals surface area contributed by atoms with Gasteiger partial charge in [0.05, 0.1) is 35.9 Å². The molecule has 5 heteroatoms. The molecular weight excluding hydrogens is 404 g/mol. The summed E-state index contributed by atoms with van der Waals surface area (Å²) in [5, 5.41) is 11.5. The lowest BCUT2D eigenvalue weighted by Gasteiger charge is -2.66. The zero-order valence-corrected chi connectivity index (χ0v) is 20.7. The number of aliphatic hydroxyl groups excluding tert-OH is 1. The molecule has 1 N–H and O–H groups in total. The van der Waals surface area contributed by atoms with Crippen molar-refractivity contribution in [1.82, 2.24) is 0 Å². The van der Waals surface area contributed by atoms with Crippen LogP contribution in [0.3, 0.4) is 0 Å². The largest absolute Gasteiger partial charge is 0.414 e. The SMILES string of the molecule is C=CC[C@@H](O)[C@@]1(CC=C)[C@@H](O[Si](C)(C)C)[C@@H]2CC[C@@]1(OC)C[C@@H]2OCc1ccccc1. The molecule has 4 nitrogen and oxygen atoms in total. The number of hydrogen-bond acceptors (Lipinski definition) is 4. The second-order valence-corrected chi connectivity index (χ2v) is 14.6. The Hall–Kier alpha value is -1.24. The number of ether oxygens (including phenoxy) is 2. The highest BCUT2D eigenvalue weighted by Crippen LogP contribution is 2.62. The molecule has 0 unspecified atom stereocenters. The number of methoxy groups -OCH3 is 1. The highest BCUT2D eigenvalue weighted by atomic mass is 28.4. The third-order valence-electron chi connectivity index (χ3n) is 7.28. The molecule has 3 aliphatic carbocycles. The number of hydrogen-bond donors (Lipinski definition) is 1. The highest BCUT2D eigenvalue weighted by molar-refractivity contribution is 6.69. The van der Waals surface area contributed by atoms with E-state index in [0.717, 1.165) is 19.3 Å². The molecule has 31 heavy (non-hydrogen) atoms. The number of allylic oxidation sites excluding steroid dienone is 1. The van der Waals surface area contributed by atoms with E-state index >= 15 is 0 Å². The van der Waals surface area contributed by atoms with Gasteiger partial charge >= 0.3 is 0 Å². The van der Waals surface area contributed by atoms with Crippen LogP contribution in [0.5, 0.6) is 0 Å². The second-order valence-electron chi connectivity index (χ2n) is 10.2. The molecular formula is C26H40O4Si. The standard InChI is InChI=1S/C26H40O4Si/c1-7-12-23(27)26(16-8-2)24(30-31(4,5)6)21-15-17-25(26,28-3)18-22(21)29-19-20-13-10-9-11-14-20/h7-11,13-14,21-24,27H,1-2,12,15-19H2,3-6H3/t21-,22+,23-,24+,25-,26+/m1/s1.